The van der Waals surface area contributed by atoms with E-state index < -0.39 is 5.92 Å². The molecule has 0 bridgehead atoms. The fraction of sp³-hybridized carbons (Fsp3) is 0.667. The SMILES string of the molecule is CCOC(=O)[C@@H]1CC(=O)N(c2nnn(C)n2)C1. The molecule has 0 unspecified atom stereocenters. The second kappa shape index (κ2) is 4.48. The summed E-state index contributed by atoms with van der Waals surface area (Å²) < 4.78 is 4.88. The van der Waals surface area contributed by atoms with E-state index in [4.69, 9.17) is 4.74 Å². The van der Waals surface area contributed by atoms with Crippen LogP contribution in [0.5, 0.6) is 0 Å². The fourth-order valence-corrected chi connectivity index (χ4v) is 1.70. The van der Waals surface area contributed by atoms with Crippen LogP contribution in [0.4, 0.5) is 5.95 Å². The molecule has 1 atom stereocenters. The third-order valence-corrected chi connectivity index (χ3v) is 2.48. The molecule has 0 N–H and O–H groups in total. The first-order valence-electron chi connectivity index (χ1n) is 5.32. The predicted octanol–water partition coefficient (Wildman–Crippen LogP) is -0.874. The number of aromatic nitrogens is 4. The lowest BCUT2D eigenvalue weighted by atomic mass is 10.1. The molecular formula is C9H13N5O3. The predicted molar refractivity (Wildman–Crippen MR) is 55.9 cm³/mol. The van der Waals surface area contributed by atoms with E-state index in [0.29, 0.717) is 6.61 Å². The molecular weight excluding hydrogens is 226 g/mol. The minimum absolute atomic E-state index is 0.136. The highest BCUT2D eigenvalue weighted by atomic mass is 16.5. The zero-order valence-corrected chi connectivity index (χ0v) is 9.66. The van der Waals surface area contributed by atoms with Crippen LogP contribution in [-0.2, 0) is 21.4 Å². The maximum absolute atomic E-state index is 11.7. The summed E-state index contributed by atoms with van der Waals surface area (Å²) in [7, 11) is 1.61. The number of carbonyl (C=O) groups is 2. The Hall–Kier alpha value is -1.99. The quantitative estimate of drug-likeness (QED) is 0.637. The molecule has 1 aromatic rings. The molecule has 17 heavy (non-hydrogen) atoms. The Morgan fingerprint density at radius 1 is 1.59 bits per heavy atom. The summed E-state index contributed by atoms with van der Waals surface area (Å²) >= 11 is 0. The average Bonchev–Trinajstić information content (AvgIpc) is 2.85. The summed E-state index contributed by atoms with van der Waals surface area (Å²) in [6.45, 7) is 2.30. The van der Waals surface area contributed by atoms with Crippen molar-refractivity contribution in [2.75, 3.05) is 18.1 Å². The third-order valence-electron chi connectivity index (χ3n) is 2.48. The van der Waals surface area contributed by atoms with Crippen LogP contribution in [0.3, 0.4) is 0 Å². The highest BCUT2D eigenvalue weighted by molar-refractivity contribution is 5.98. The van der Waals surface area contributed by atoms with Gasteiger partial charge >= 0.3 is 5.97 Å². The molecule has 2 heterocycles. The lowest BCUT2D eigenvalue weighted by Gasteiger charge is -2.10. The zero-order chi connectivity index (χ0) is 12.4. The van der Waals surface area contributed by atoms with Crippen molar-refractivity contribution in [2.45, 2.75) is 13.3 Å². The smallest absolute Gasteiger partial charge is 0.311 e. The van der Waals surface area contributed by atoms with E-state index in [9.17, 15) is 9.59 Å². The van der Waals surface area contributed by atoms with Crippen LogP contribution in [-0.4, -0.2) is 45.2 Å². The van der Waals surface area contributed by atoms with Gasteiger partial charge in [0.15, 0.2) is 0 Å². The van der Waals surface area contributed by atoms with Crippen LogP contribution in [0.2, 0.25) is 0 Å². The van der Waals surface area contributed by atoms with Crippen LogP contribution in [0.25, 0.3) is 0 Å². The van der Waals surface area contributed by atoms with Gasteiger partial charge < -0.3 is 4.74 Å². The summed E-state index contributed by atoms with van der Waals surface area (Å²) in [5.41, 5.74) is 0. The first-order chi connectivity index (χ1) is 8.11. The Balaban J connectivity index is 2.07. The van der Waals surface area contributed by atoms with Crippen molar-refractivity contribution in [1.29, 1.82) is 0 Å². The monoisotopic (exact) mass is 239 g/mol. The van der Waals surface area contributed by atoms with E-state index in [1.54, 1.807) is 14.0 Å². The number of hydrogen-bond donors (Lipinski definition) is 0. The van der Waals surface area contributed by atoms with E-state index >= 15 is 0 Å². The standard InChI is InChI=1S/C9H13N5O3/c1-3-17-8(16)6-4-7(15)14(5-6)9-10-12-13(2)11-9/h6H,3-5H2,1-2H3/t6-/m1/s1. The van der Waals surface area contributed by atoms with Gasteiger partial charge in [0.1, 0.15) is 0 Å². The number of rotatable bonds is 3. The maximum Gasteiger partial charge on any atom is 0.311 e. The number of hydrogen-bond acceptors (Lipinski definition) is 6. The van der Waals surface area contributed by atoms with Crippen LogP contribution in [0.1, 0.15) is 13.3 Å². The lowest BCUT2D eigenvalue weighted by Crippen LogP contribution is -2.27. The van der Waals surface area contributed by atoms with Crippen LogP contribution in [0.15, 0.2) is 0 Å². The van der Waals surface area contributed by atoms with E-state index in [-0.39, 0.29) is 30.8 Å². The van der Waals surface area contributed by atoms with Crippen molar-refractivity contribution in [3.05, 3.63) is 0 Å². The average molecular weight is 239 g/mol. The second-order valence-corrected chi connectivity index (χ2v) is 3.74. The number of carbonyl (C=O) groups excluding carboxylic acids is 2. The van der Waals surface area contributed by atoms with Crippen molar-refractivity contribution in [2.24, 2.45) is 13.0 Å². The van der Waals surface area contributed by atoms with E-state index in [1.807, 2.05) is 0 Å². The summed E-state index contributed by atoms with van der Waals surface area (Å²) in [4.78, 5) is 25.8. The van der Waals surface area contributed by atoms with Gasteiger partial charge in [-0.2, -0.15) is 4.80 Å². The molecule has 92 valence electrons. The number of amides is 1. The van der Waals surface area contributed by atoms with Crippen molar-refractivity contribution < 1.29 is 14.3 Å². The summed E-state index contributed by atoms with van der Waals surface area (Å²) in [6.07, 6.45) is 0.136. The summed E-state index contributed by atoms with van der Waals surface area (Å²) in [5.74, 6) is -0.751. The molecule has 1 aliphatic heterocycles. The Labute approximate surface area is 97.5 Å². The number of nitrogens with zero attached hydrogens (tertiary/aromatic N) is 5. The Morgan fingerprint density at radius 2 is 2.35 bits per heavy atom. The van der Waals surface area contributed by atoms with Gasteiger partial charge in [-0.15, -0.1) is 5.10 Å². The first-order valence-corrected chi connectivity index (χ1v) is 5.32. The maximum atomic E-state index is 11.7. The highest BCUT2D eigenvalue weighted by Crippen LogP contribution is 2.22. The van der Waals surface area contributed by atoms with Gasteiger partial charge in [0, 0.05) is 13.0 Å². The van der Waals surface area contributed by atoms with Gasteiger partial charge in [-0.1, -0.05) is 5.10 Å². The number of esters is 1. The molecule has 8 heteroatoms. The second-order valence-electron chi connectivity index (χ2n) is 3.74. The third kappa shape index (κ3) is 2.24. The molecule has 1 aliphatic rings. The highest BCUT2D eigenvalue weighted by Gasteiger charge is 2.37. The van der Waals surface area contributed by atoms with Crippen molar-refractivity contribution in [3.63, 3.8) is 0 Å². The topological polar surface area (TPSA) is 90.2 Å². The summed E-state index contributed by atoms with van der Waals surface area (Å²) in [6, 6.07) is 0. The molecule has 8 nitrogen and oxygen atoms in total. The molecule has 1 fully saturated rings. The summed E-state index contributed by atoms with van der Waals surface area (Å²) in [5, 5.41) is 11.3. The Kier molecular flexibility index (Phi) is 3.03. The minimum Gasteiger partial charge on any atom is -0.466 e. The largest absolute Gasteiger partial charge is 0.466 e. The van der Waals surface area contributed by atoms with Crippen LogP contribution < -0.4 is 4.90 Å². The molecule has 1 amide bonds. The van der Waals surface area contributed by atoms with Gasteiger partial charge in [0.2, 0.25) is 5.91 Å². The number of aryl methyl sites for hydroxylation is 1. The molecule has 0 radical (unpaired) electrons. The number of anilines is 1. The normalized spacial score (nSPS) is 19.8. The molecule has 1 aromatic heterocycles. The molecule has 0 aromatic carbocycles. The van der Waals surface area contributed by atoms with Crippen LogP contribution in [0, 0.1) is 5.92 Å². The van der Waals surface area contributed by atoms with Crippen molar-refractivity contribution in [1.82, 2.24) is 20.2 Å². The molecule has 0 spiro atoms. The van der Waals surface area contributed by atoms with E-state index in [0.717, 1.165) is 0 Å². The zero-order valence-electron chi connectivity index (χ0n) is 9.66. The Bertz CT molecular complexity index is 444. The fourth-order valence-electron chi connectivity index (χ4n) is 1.70. The molecule has 1 saturated heterocycles. The number of ether oxygens (including phenoxy) is 1. The molecule has 0 aliphatic carbocycles. The Morgan fingerprint density at radius 3 is 2.94 bits per heavy atom. The van der Waals surface area contributed by atoms with Gasteiger partial charge in [-0.05, 0) is 12.1 Å². The van der Waals surface area contributed by atoms with E-state index in [1.165, 1.54) is 9.70 Å². The first kappa shape index (κ1) is 11.5. The van der Waals surface area contributed by atoms with Crippen molar-refractivity contribution in [3.8, 4) is 0 Å². The van der Waals surface area contributed by atoms with Gasteiger partial charge in [0.25, 0.3) is 5.95 Å². The number of tetrazole rings is 1. The van der Waals surface area contributed by atoms with E-state index in [2.05, 4.69) is 15.4 Å². The van der Waals surface area contributed by atoms with Gasteiger partial charge in [-0.3, -0.25) is 14.5 Å². The van der Waals surface area contributed by atoms with Gasteiger partial charge in [0.05, 0.1) is 19.6 Å². The lowest BCUT2D eigenvalue weighted by molar-refractivity contribution is -0.147. The minimum atomic E-state index is -0.439. The molecule has 0 saturated carbocycles. The van der Waals surface area contributed by atoms with Gasteiger partial charge in [-0.25, -0.2) is 0 Å². The van der Waals surface area contributed by atoms with Crippen LogP contribution >= 0.6 is 0 Å². The molecule has 2 rings (SSSR count). The van der Waals surface area contributed by atoms with Crippen molar-refractivity contribution >= 4 is 17.8 Å².